The predicted molar refractivity (Wildman–Crippen MR) is 112 cm³/mol. The highest BCUT2D eigenvalue weighted by atomic mass is 19.4. The van der Waals surface area contributed by atoms with E-state index in [4.69, 9.17) is 9.47 Å². The molecule has 170 valence electrons. The Morgan fingerprint density at radius 1 is 1.03 bits per heavy atom. The number of hydrogen-bond donors (Lipinski definition) is 0. The first-order valence-corrected chi connectivity index (χ1v) is 10.5. The van der Waals surface area contributed by atoms with Gasteiger partial charge in [0, 0.05) is 51.7 Å². The maximum absolute atomic E-state index is 12.6. The van der Waals surface area contributed by atoms with Crippen LogP contribution < -0.4 is 4.90 Å². The Morgan fingerprint density at radius 3 is 2.35 bits per heavy atom. The van der Waals surface area contributed by atoms with Crippen LogP contribution in [0, 0.1) is 0 Å². The van der Waals surface area contributed by atoms with E-state index in [-0.39, 0.29) is 6.10 Å². The maximum Gasteiger partial charge on any atom is 0.419 e. The van der Waals surface area contributed by atoms with Crippen LogP contribution in [0.15, 0.2) is 42.7 Å². The van der Waals surface area contributed by atoms with Crippen LogP contribution in [-0.2, 0) is 22.3 Å². The van der Waals surface area contributed by atoms with Gasteiger partial charge in [0.15, 0.2) is 0 Å². The van der Waals surface area contributed by atoms with Gasteiger partial charge < -0.3 is 14.4 Å². The Balaban J connectivity index is 1.26. The second kappa shape index (κ2) is 11.4. The molecule has 9 heteroatoms. The molecule has 0 aliphatic carbocycles. The van der Waals surface area contributed by atoms with Crippen molar-refractivity contribution in [3.8, 4) is 0 Å². The Kier molecular flexibility index (Phi) is 8.62. The van der Waals surface area contributed by atoms with Crippen molar-refractivity contribution in [3.05, 3.63) is 53.9 Å². The molecule has 3 rings (SSSR count). The number of halogens is 3. The molecular formula is C22H29F3N4O2. The molecule has 1 saturated heterocycles. The summed E-state index contributed by atoms with van der Waals surface area (Å²) in [6.45, 7) is 7.76. The molecule has 0 saturated carbocycles. The van der Waals surface area contributed by atoms with Gasteiger partial charge in [0.25, 0.3) is 0 Å². The standard InChI is InChI=1S/C22H29F3N4O2/c1-18(31-17-19-6-3-2-4-7-19)16-30-13-5-8-28-9-11-29(12-10-28)21-26-14-20(15-27-21)22(23,24)25/h2-4,6-7,14-15,18H,5,8-13,16-17H2,1H3/t18-/m0/s1. The Morgan fingerprint density at radius 2 is 1.71 bits per heavy atom. The quantitative estimate of drug-likeness (QED) is 0.528. The lowest BCUT2D eigenvalue weighted by Crippen LogP contribution is -2.47. The van der Waals surface area contributed by atoms with Crippen molar-refractivity contribution in [1.82, 2.24) is 14.9 Å². The molecule has 1 atom stereocenters. The molecule has 0 spiro atoms. The number of hydrogen-bond acceptors (Lipinski definition) is 6. The van der Waals surface area contributed by atoms with Crippen LogP contribution in [0.3, 0.4) is 0 Å². The number of ether oxygens (including phenoxy) is 2. The van der Waals surface area contributed by atoms with Gasteiger partial charge in [-0.25, -0.2) is 9.97 Å². The van der Waals surface area contributed by atoms with Crippen LogP contribution in [-0.4, -0.2) is 66.9 Å². The first-order valence-electron chi connectivity index (χ1n) is 10.5. The zero-order valence-electron chi connectivity index (χ0n) is 17.7. The molecule has 0 unspecified atom stereocenters. The topological polar surface area (TPSA) is 50.7 Å². The second-order valence-electron chi connectivity index (χ2n) is 7.63. The molecule has 31 heavy (non-hydrogen) atoms. The molecule has 1 fully saturated rings. The molecule has 2 heterocycles. The minimum atomic E-state index is -4.41. The highest BCUT2D eigenvalue weighted by Crippen LogP contribution is 2.28. The van der Waals surface area contributed by atoms with Crippen molar-refractivity contribution in [3.63, 3.8) is 0 Å². The molecule has 2 aromatic rings. The van der Waals surface area contributed by atoms with Crippen LogP contribution in [0.5, 0.6) is 0 Å². The zero-order chi connectivity index (χ0) is 22.1. The summed E-state index contributed by atoms with van der Waals surface area (Å²) in [7, 11) is 0. The summed E-state index contributed by atoms with van der Waals surface area (Å²) in [5.41, 5.74) is 0.324. The van der Waals surface area contributed by atoms with Crippen molar-refractivity contribution in [2.45, 2.75) is 32.2 Å². The smallest absolute Gasteiger partial charge is 0.379 e. The van der Waals surface area contributed by atoms with Crippen LogP contribution in [0.2, 0.25) is 0 Å². The molecule has 1 aromatic carbocycles. The summed E-state index contributed by atoms with van der Waals surface area (Å²) in [6.07, 6.45) is -1.77. The van der Waals surface area contributed by atoms with Gasteiger partial charge in [0.2, 0.25) is 5.95 Å². The van der Waals surface area contributed by atoms with E-state index in [1.165, 1.54) is 0 Å². The molecule has 0 N–H and O–H groups in total. The van der Waals surface area contributed by atoms with Gasteiger partial charge in [-0.1, -0.05) is 30.3 Å². The Hall–Kier alpha value is -2.23. The highest BCUT2D eigenvalue weighted by Gasteiger charge is 2.31. The molecule has 1 aliphatic heterocycles. The van der Waals surface area contributed by atoms with Gasteiger partial charge in [0.1, 0.15) is 0 Å². The van der Waals surface area contributed by atoms with Crippen molar-refractivity contribution in [2.24, 2.45) is 0 Å². The highest BCUT2D eigenvalue weighted by molar-refractivity contribution is 5.31. The van der Waals surface area contributed by atoms with E-state index in [1.54, 1.807) is 0 Å². The summed E-state index contributed by atoms with van der Waals surface area (Å²) in [5, 5.41) is 0. The van der Waals surface area contributed by atoms with Crippen molar-refractivity contribution in [2.75, 3.05) is 50.8 Å². The van der Waals surface area contributed by atoms with Crippen molar-refractivity contribution in [1.29, 1.82) is 0 Å². The van der Waals surface area contributed by atoms with E-state index in [0.717, 1.165) is 44.0 Å². The number of benzene rings is 1. The van der Waals surface area contributed by atoms with E-state index in [0.29, 0.717) is 38.9 Å². The molecule has 1 aromatic heterocycles. The second-order valence-corrected chi connectivity index (χ2v) is 7.63. The van der Waals surface area contributed by atoms with Crippen molar-refractivity contribution >= 4 is 5.95 Å². The minimum absolute atomic E-state index is 0.0347. The van der Waals surface area contributed by atoms with E-state index in [9.17, 15) is 13.2 Å². The fraction of sp³-hybridized carbons (Fsp3) is 0.545. The Bertz CT molecular complexity index is 767. The monoisotopic (exact) mass is 438 g/mol. The van der Waals surface area contributed by atoms with Crippen LogP contribution >= 0.6 is 0 Å². The van der Waals surface area contributed by atoms with Gasteiger partial charge in [-0.05, 0) is 18.9 Å². The Labute approximate surface area is 181 Å². The van der Waals surface area contributed by atoms with E-state index < -0.39 is 11.7 Å². The number of rotatable bonds is 10. The largest absolute Gasteiger partial charge is 0.419 e. The summed E-state index contributed by atoms with van der Waals surface area (Å²) >= 11 is 0. The van der Waals surface area contributed by atoms with Gasteiger partial charge >= 0.3 is 6.18 Å². The lowest BCUT2D eigenvalue weighted by atomic mass is 10.2. The third kappa shape index (κ3) is 7.75. The van der Waals surface area contributed by atoms with E-state index >= 15 is 0 Å². The fourth-order valence-electron chi connectivity index (χ4n) is 3.30. The van der Waals surface area contributed by atoms with E-state index in [1.807, 2.05) is 42.2 Å². The third-order valence-electron chi connectivity index (χ3n) is 5.11. The van der Waals surface area contributed by atoms with Crippen LogP contribution in [0.4, 0.5) is 19.1 Å². The lowest BCUT2D eigenvalue weighted by Gasteiger charge is -2.34. The molecule has 0 radical (unpaired) electrons. The molecule has 0 amide bonds. The number of anilines is 1. The first-order chi connectivity index (χ1) is 14.9. The summed E-state index contributed by atoms with van der Waals surface area (Å²) in [5.74, 6) is 0.348. The fourth-order valence-corrected chi connectivity index (χ4v) is 3.30. The SMILES string of the molecule is C[C@@H](COCCCN1CCN(c2ncc(C(F)(F)F)cn2)CC1)OCc1ccccc1. The van der Waals surface area contributed by atoms with Crippen molar-refractivity contribution < 1.29 is 22.6 Å². The molecule has 1 aliphatic rings. The van der Waals surface area contributed by atoms with Crippen LogP contribution in [0.25, 0.3) is 0 Å². The number of aromatic nitrogens is 2. The summed E-state index contributed by atoms with van der Waals surface area (Å²) in [4.78, 5) is 12.0. The molecular weight excluding hydrogens is 409 g/mol. The summed E-state index contributed by atoms with van der Waals surface area (Å²) in [6, 6.07) is 10.1. The third-order valence-corrected chi connectivity index (χ3v) is 5.11. The average Bonchev–Trinajstić information content (AvgIpc) is 2.78. The van der Waals surface area contributed by atoms with Gasteiger partial charge in [-0.15, -0.1) is 0 Å². The summed E-state index contributed by atoms with van der Waals surface area (Å²) < 4.78 is 49.4. The molecule has 6 nitrogen and oxygen atoms in total. The minimum Gasteiger partial charge on any atom is -0.379 e. The van der Waals surface area contributed by atoms with Crippen LogP contribution in [0.1, 0.15) is 24.5 Å². The van der Waals surface area contributed by atoms with Gasteiger partial charge in [0.05, 0.1) is 24.9 Å². The van der Waals surface area contributed by atoms with E-state index in [2.05, 4.69) is 14.9 Å². The number of piperazine rings is 1. The zero-order valence-corrected chi connectivity index (χ0v) is 17.7. The lowest BCUT2D eigenvalue weighted by molar-refractivity contribution is -0.138. The first kappa shape index (κ1) is 23.4. The molecule has 0 bridgehead atoms. The maximum atomic E-state index is 12.6. The number of alkyl halides is 3. The normalized spacial score (nSPS) is 16.5. The van der Waals surface area contributed by atoms with Gasteiger partial charge in [-0.3, -0.25) is 4.90 Å². The average molecular weight is 438 g/mol. The number of nitrogens with zero attached hydrogens (tertiary/aromatic N) is 4. The van der Waals surface area contributed by atoms with Gasteiger partial charge in [-0.2, -0.15) is 13.2 Å². The predicted octanol–water partition coefficient (Wildman–Crippen LogP) is 3.63.